The molecule has 1 aromatic carbocycles. The van der Waals surface area contributed by atoms with Crippen molar-refractivity contribution in [2.75, 3.05) is 14.2 Å². The maximum atomic E-state index is 5.90. The molecule has 1 fully saturated rings. The van der Waals surface area contributed by atoms with Gasteiger partial charge in [0.25, 0.3) is 0 Å². The normalized spacial score (nSPS) is 21.1. The molecule has 27 heavy (non-hydrogen) atoms. The van der Waals surface area contributed by atoms with Crippen LogP contribution in [0.2, 0.25) is 5.02 Å². The summed E-state index contributed by atoms with van der Waals surface area (Å²) in [5, 5.41) is 11.3. The van der Waals surface area contributed by atoms with E-state index in [1.165, 1.54) is 0 Å². The van der Waals surface area contributed by atoms with Crippen LogP contribution in [0, 0.1) is 5.41 Å². The molecule has 0 aliphatic heterocycles. The van der Waals surface area contributed by atoms with E-state index in [4.69, 9.17) is 20.9 Å². The van der Waals surface area contributed by atoms with Gasteiger partial charge in [0.1, 0.15) is 0 Å². The Labute approximate surface area is 181 Å². The van der Waals surface area contributed by atoms with Gasteiger partial charge >= 0.3 is 0 Å². The number of nitrogens with zero attached hydrogens (tertiary/aromatic N) is 3. The minimum Gasteiger partial charge on any atom is -0.381 e. The summed E-state index contributed by atoms with van der Waals surface area (Å²) in [5.41, 5.74) is 0.909. The van der Waals surface area contributed by atoms with Gasteiger partial charge in [-0.25, -0.2) is 0 Å². The van der Waals surface area contributed by atoms with Crippen LogP contribution in [0.25, 0.3) is 11.4 Å². The number of aromatic nitrogens is 2. The van der Waals surface area contributed by atoms with Gasteiger partial charge in [-0.3, -0.25) is 4.99 Å². The van der Waals surface area contributed by atoms with E-state index < -0.39 is 0 Å². The van der Waals surface area contributed by atoms with Crippen molar-refractivity contribution in [3.8, 4) is 11.4 Å². The van der Waals surface area contributed by atoms with Gasteiger partial charge in [-0.15, -0.1) is 24.0 Å². The number of ether oxygens (including phenoxy) is 1. The van der Waals surface area contributed by atoms with E-state index in [1.807, 2.05) is 12.1 Å². The molecule has 2 atom stereocenters. The summed E-state index contributed by atoms with van der Waals surface area (Å²) in [6.45, 7) is 4.76. The first kappa shape index (κ1) is 21.9. The predicted octanol–water partition coefficient (Wildman–Crippen LogP) is 3.49. The fourth-order valence-corrected chi connectivity index (χ4v) is 3.22. The van der Waals surface area contributed by atoms with Crippen LogP contribution in [-0.2, 0) is 11.3 Å². The molecule has 1 aliphatic carbocycles. The number of halogens is 2. The second-order valence-corrected chi connectivity index (χ2v) is 7.36. The molecule has 3 rings (SSSR count). The molecule has 1 heterocycles. The van der Waals surface area contributed by atoms with Crippen LogP contribution < -0.4 is 10.6 Å². The van der Waals surface area contributed by atoms with Crippen molar-refractivity contribution < 1.29 is 9.26 Å². The number of nitrogens with one attached hydrogen (secondary N) is 2. The summed E-state index contributed by atoms with van der Waals surface area (Å²) in [6.07, 6.45) is 1.21. The number of aliphatic imine (C=N–C) groups is 1. The second kappa shape index (κ2) is 9.20. The van der Waals surface area contributed by atoms with Crippen LogP contribution >= 0.6 is 35.6 Å². The lowest BCUT2D eigenvalue weighted by atomic mass is 9.64. The number of guanidine groups is 1. The molecule has 9 heteroatoms. The molecule has 0 saturated heterocycles. The van der Waals surface area contributed by atoms with Gasteiger partial charge < -0.3 is 19.9 Å². The topological polar surface area (TPSA) is 84.6 Å². The molecule has 1 saturated carbocycles. The SMILES string of the molecule is CN=C(NCc1nc(-c2ccc(Cl)cc2)no1)NC1CC(OC)C1(C)C.I. The average Bonchev–Trinajstić information content (AvgIpc) is 3.10. The predicted molar refractivity (Wildman–Crippen MR) is 116 cm³/mol. The van der Waals surface area contributed by atoms with E-state index in [0.717, 1.165) is 12.0 Å². The smallest absolute Gasteiger partial charge is 0.246 e. The van der Waals surface area contributed by atoms with Crippen LogP contribution in [0.4, 0.5) is 0 Å². The van der Waals surface area contributed by atoms with Crippen LogP contribution in [0.5, 0.6) is 0 Å². The second-order valence-electron chi connectivity index (χ2n) is 6.92. The van der Waals surface area contributed by atoms with Crippen LogP contribution in [0.1, 0.15) is 26.2 Å². The molecule has 2 aromatic rings. The number of rotatable bonds is 5. The van der Waals surface area contributed by atoms with Gasteiger partial charge in [0, 0.05) is 36.2 Å². The van der Waals surface area contributed by atoms with Crippen molar-refractivity contribution in [1.82, 2.24) is 20.8 Å². The van der Waals surface area contributed by atoms with Crippen molar-refractivity contribution in [3.05, 3.63) is 35.2 Å². The molecule has 2 unspecified atom stereocenters. The Morgan fingerprint density at radius 1 is 1.37 bits per heavy atom. The lowest BCUT2D eigenvalue weighted by Gasteiger charge is -2.51. The van der Waals surface area contributed by atoms with Gasteiger partial charge in [0.2, 0.25) is 11.7 Å². The third-order valence-electron chi connectivity index (χ3n) is 4.97. The van der Waals surface area contributed by atoms with Crippen molar-refractivity contribution in [2.45, 2.75) is 39.0 Å². The maximum absolute atomic E-state index is 5.90. The summed E-state index contributed by atoms with van der Waals surface area (Å²) in [7, 11) is 3.49. The van der Waals surface area contributed by atoms with Crippen molar-refractivity contribution in [1.29, 1.82) is 0 Å². The van der Waals surface area contributed by atoms with Gasteiger partial charge in [-0.05, 0) is 30.7 Å². The molecular weight excluding hydrogens is 481 g/mol. The van der Waals surface area contributed by atoms with Crippen molar-refractivity contribution in [2.24, 2.45) is 10.4 Å². The molecule has 0 radical (unpaired) electrons. The molecule has 0 amide bonds. The zero-order valence-corrected chi connectivity index (χ0v) is 18.9. The number of hydrogen-bond donors (Lipinski definition) is 2. The Kier molecular flexibility index (Phi) is 7.47. The monoisotopic (exact) mass is 505 g/mol. The summed E-state index contributed by atoms with van der Waals surface area (Å²) < 4.78 is 10.8. The first-order valence-corrected chi connectivity index (χ1v) is 8.90. The van der Waals surface area contributed by atoms with E-state index in [2.05, 4.69) is 39.6 Å². The Morgan fingerprint density at radius 3 is 2.67 bits per heavy atom. The van der Waals surface area contributed by atoms with E-state index in [-0.39, 0.29) is 35.5 Å². The van der Waals surface area contributed by atoms with Gasteiger partial charge in [-0.1, -0.05) is 30.6 Å². The molecule has 0 bridgehead atoms. The summed E-state index contributed by atoms with van der Waals surface area (Å²) in [6, 6.07) is 7.60. The first-order valence-electron chi connectivity index (χ1n) is 8.52. The Morgan fingerprint density at radius 2 is 2.07 bits per heavy atom. The van der Waals surface area contributed by atoms with Crippen LogP contribution in [0.3, 0.4) is 0 Å². The van der Waals surface area contributed by atoms with Crippen LogP contribution in [0.15, 0.2) is 33.8 Å². The lowest BCUT2D eigenvalue weighted by Crippen LogP contribution is -2.63. The van der Waals surface area contributed by atoms with E-state index in [9.17, 15) is 0 Å². The Bertz CT molecular complexity index is 778. The van der Waals surface area contributed by atoms with E-state index in [0.29, 0.717) is 35.3 Å². The first-order chi connectivity index (χ1) is 12.4. The number of benzene rings is 1. The Balaban J connectivity index is 0.00000261. The number of hydrogen-bond acceptors (Lipinski definition) is 5. The molecular formula is C18H25ClIN5O2. The lowest BCUT2D eigenvalue weighted by molar-refractivity contribution is -0.0922. The summed E-state index contributed by atoms with van der Waals surface area (Å²) in [5.74, 6) is 1.72. The van der Waals surface area contributed by atoms with Crippen LogP contribution in [-0.4, -0.2) is 42.4 Å². The molecule has 7 nitrogen and oxygen atoms in total. The van der Waals surface area contributed by atoms with Gasteiger partial charge in [0.05, 0.1) is 12.6 Å². The standard InChI is InChI=1S/C18H24ClN5O2.HI/c1-18(2)13(9-14(18)25-4)22-17(20-3)21-10-15-23-16(24-26-15)11-5-7-12(19)8-6-11;/h5-8,13-14H,9-10H2,1-4H3,(H2,20,21,22);1H. The largest absolute Gasteiger partial charge is 0.381 e. The third-order valence-corrected chi connectivity index (χ3v) is 5.23. The molecule has 2 N–H and O–H groups in total. The van der Waals surface area contributed by atoms with Gasteiger partial charge in [0.15, 0.2) is 5.96 Å². The quantitative estimate of drug-likeness (QED) is 0.368. The highest BCUT2D eigenvalue weighted by molar-refractivity contribution is 14.0. The number of methoxy groups -OCH3 is 1. The maximum Gasteiger partial charge on any atom is 0.246 e. The van der Waals surface area contributed by atoms with Gasteiger partial charge in [-0.2, -0.15) is 4.98 Å². The summed E-state index contributed by atoms with van der Waals surface area (Å²) >= 11 is 5.90. The fraction of sp³-hybridized carbons (Fsp3) is 0.500. The summed E-state index contributed by atoms with van der Waals surface area (Å²) in [4.78, 5) is 8.66. The van der Waals surface area contributed by atoms with E-state index >= 15 is 0 Å². The average molecular weight is 506 g/mol. The Hall–Kier alpha value is -1.39. The third kappa shape index (κ3) is 4.91. The molecule has 148 valence electrons. The zero-order chi connectivity index (χ0) is 18.7. The molecule has 0 spiro atoms. The highest BCUT2D eigenvalue weighted by Crippen LogP contribution is 2.42. The minimum atomic E-state index is 0. The highest BCUT2D eigenvalue weighted by atomic mass is 127. The minimum absolute atomic E-state index is 0. The zero-order valence-electron chi connectivity index (χ0n) is 15.8. The van der Waals surface area contributed by atoms with Crippen molar-refractivity contribution >= 4 is 41.5 Å². The molecule has 1 aromatic heterocycles. The van der Waals surface area contributed by atoms with E-state index in [1.54, 1.807) is 26.3 Å². The highest BCUT2D eigenvalue weighted by Gasteiger charge is 2.48. The molecule has 1 aliphatic rings. The fourth-order valence-electron chi connectivity index (χ4n) is 3.09. The van der Waals surface area contributed by atoms with Crippen molar-refractivity contribution in [3.63, 3.8) is 0 Å².